The van der Waals surface area contributed by atoms with Crippen molar-refractivity contribution in [3.05, 3.63) is 47.5 Å². The predicted molar refractivity (Wildman–Crippen MR) is 112 cm³/mol. The largest absolute Gasteiger partial charge is 0.355 e. The van der Waals surface area contributed by atoms with Gasteiger partial charge in [0.15, 0.2) is 11.6 Å². The van der Waals surface area contributed by atoms with E-state index in [9.17, 15) is 4.79 Å². The summed E-state index contributed by atoms with van der Waals surface area (Å²) in [6, 6.07) is 13.0. The molecular formula is C22H26N6O. The summed E-state index contributed by atoms with van der Waals surface area (Å²) in [5.41, 5.74) is 1.19. The first kappa shape index (κ1) is 19.2. The molecule has 2 aliphatic heterocycles. The lowest BCUT2D eigenvalue weighted by atomic mass is 9.99. The number of piperazine rings is 1. The Kier molecular flexibility index (Phi) is 5.61. The van der Waals surface area contributed by atoms with Crippen LogP contribution in [0.5, 0.6) is 0 Å². The van der Waals surface area contributed by atoms with E-state index < -0.39 is 0 Å². The average molecular weight is 390 g/mol. The smallest absolute Gasteiger partial charge is 0.253 e. The van der Waals surface area contributed by atoms with Crippen LogP contribution in [0.1, 0.15) is 35.7 Å². The first-order chi connectivity index (χ1) is 14.1. The topological polar surface area (TPSA) is 76.4 Å². The van der Waals surface area contributed by atoms with Crippen molar-refractivity contribution in [3.63, 3.8) is 0 Å². The Hall–Kier alpha value is -3.14. The van der Waals surface area contributed by atoms with Gasteiger partial charge in [-0.25, -0.2) is 0 Å². The second kappa shape index (κ2) is 8.48. The van der Waals surface area contributed by atoms with Crippen LogP contribution in [-0.4, -0.2) is 60.3 Å². The van der Waals surface area contributed by atoms with Crippen molar-refractivity contribution in [2.45, 2.75) is 19.8 Å². The molecule has 0 bridgehead atoms. The van der Waals surface area contributed by atoms with Gasteiger partial charge in [0.05, 0.1) is 11.6 Å². The van der Waals surface area contributed by atoms with Gasteiger partial charge in [0.2, 0.25) is 0 Å². The van der Waals surface area contributed by atoms with Crippen LogP contribution in [0.25, 0.3) is 0 Å². The maximum atomic E-state index is 12.7. The molecule has 1 amide bonds. The van der Waals surface area contributed by atoms with Crippen LogP contribution in [0.3, 0.4) is 0 Å². The highest BCUT2D eigenvalue weighted by Crippen LogP contribution is 2.22. The Balaban J connectivity index is 1.33. The third-order valence-electron chi connectivity index (χ3n) is 5.90. The number of hydrogen-bond donors (Lipinski definition) is 0. The van der Waals surface area contributed by atoms with Gasteiger partial charge in [-0.1, -0.05) is 6.92 Å². The third-order valence-corrected chi connectivity index (χ3v) is 5.90. The first-order valence-corrected chi connectivity index (χ1v) is 10.3. The van der Waals surface area contributed by atoms with Gasteiger partial charge in [-0.2, -0.15) is 5.26 Å². The van der Waals surface area contributed by atoms with Gasteiger partial charge in [0.1, 0.15) is 0 Å². The molecule has 0 unspecified atom stereocenters. The number of anilines is 2. The zero-order chi connectivity index (χ0) is 20.2. The molecule has 2 aromatic rings. The second-order valence-electron chi connectivity index (χ2n) is 7.89. The fraction of sp³-hybridized carbons (Fsp3) is 0.455. The van der Waals surface area contributed by atoms with Crippen LogP contribution in [0.15, 0.2) is 36.4 Å². The maximum Gasteiger partial charge on any atom is 0.253 e. The van der Waals surface area contributed by atoms with Crippen LogP contribution < -0.4 is 9.80 Å². The van der Waals surface area contributed by atoms with E-state index in [4.69, 9.17) is 5.26 Å². The van der Waals surface area contributed by atoms with Crippen molar-refractivity contribution in [1.29, 1.82) is 5.26 Å². The Morgan fingerprint density at radius 1 is 0.897 bits per heavy atom. The highest BCUT2D eigenvalue weighted by atomic mass is 16.2. The molecule has 2 aliphatic rings. The summed E-state index contributed by atoms with van der Waals surface area (Å²) in [7, 11) is 0. The fourth-order valence-electron chi connectivity index (χ4n) is 3.90. The molecule has 150 valence electrons. The zero-order valence-corrected chi connectivity index (χ0v) is 16.8. The number of carbonyl (C=O) groups is 1. The van der Waals surface area contributed by atoms with Crippen LogP contribution in [-0.2, 0) is 0 Å². The van der Waals surface area contributed by atoms with E-state index in [1.165, 1.54) is 12.8 Å². The van der Waals surface area contributed by atoms with E-state index in [0.29, 0.717) is 24.2 Å². The molecule has 7 heteroatoms. The van der Waals surface area contributed by atoms with Crippen LogP contribution in [0, 0.1) is 17.2 Å². The molecular weight excluding hydrogens is 364 g/mol. The Morgan fingerprint density at radius 2 is 1.45 bits per heavy atom. The molecule has 1 aromatic heterocycles. The van der Waals surface area contributed by atoms with E-state index in [2.05, 4.69) is 39.1 Å². The normalized spacial score (nSPS) is 17.9. The van der Waals surface area contributed by atoms with Crippen LogP contribution in [0.2, 0.25) is 0 Å². The highest BCUT2D eigenvalue weighted by Gasteiger charge is 2.23. The van der Waals surface area contributed by atoms with Crippen molar-refractivity contribution in [2.24, 2.45) is 5.92 Å². The van der Waals surface area contributed by atoms with E-state index in [-0.39, 0.29) is 5.91 Å². The van der Waals surface area contributed by atoms with Gasteiger partial charge in [0.25, 0.3) is 5.91 Å². The van der Waals surface area contributed by atoms with E-state index in [0.717, 1.165) is 43.7 Å². The molecule has 29 heavy (non-hydrogen) atoms. The maximum absolute atomic E-state index is 12.7. The van der Waals surface area contributed by atoms with E-state index in [1.807, 2.05) is 11.0 Å². The van der Waals surface area contributed by atoms with E-state index in [1.54, 1.807) is 24.3 Å². The minimum absolute atomic E-state index is 0.00917. The van der Waals surface area contributed by atoms with Gasteiger partial charge in [-0.15, -0.1) is 10.2 Å². The van der Waals surface area contributed by atoms with Gasteiger partial charge in [-0.3, -0.25) is 4.79 Å². The molecule has 0 atom stereocenters. The van der Waals surface area contributed by atoms with Crippen molar-refractivity contribution in [1.82, 2.24) is 15.1 Å². The second-order valence-corrected chi connectivity index (χ2v) is 7.89. The molecule has 7 nitrogen and oxygen atoms in total. The number of nitriles is 1. The fourth-order valence-corrected chi connectivity index (χ4v) is 3.90. The quantitative estimate of drug-likeness (QED) is 0.802. The highest BCUT2D eigenvalue weighted by molar-refractivity contribution is 5.94. The number of benzene rings is 1. The number of piperidine rings is 1. The van der Waals surface area contributed by atoms with Crippen LogP contribution in [0.4, 0.5) is 11.6 Å². The predicted octanol–water partition coefficient (Wildman–Crippen LogP) is 2.55. The van der Waals surface area contributed by atoms with Gasteiger partial charge >= 0.3 is 0 Å². The lowest BCUT2D eigenvalue weighted by Gasteiger charge is -2.35. The van der Waals surface area contributed by atoms with E-state index >= 15 is 0 Å². The lowest BCUT2D eigenvalue weighted by molar-refractivity contribution is 0.0746. The summed E-state index contributed by atoms with van der Waals surface area (Å²) in [5.74, 6) is 2.62. The minimum Gasteiger partial charge on any atom is -0.355 e. The summed E-state index contributed by atoms with van der Waals surface area (Å²) in [6.07, 6.45) is 2.41. The molecule has 0 N–H and O–H groups in total. The lowest BCUT2D eigenvalue weighted by Crippen LogP contribution is -2.49. The summed E-state index contributed by atoms with van der Waals surface area (Å²) in [5, 5.41) is 17.8. The summed E-state index contributed by atoms with van der Waals surface area (Å²) >= 11 is 0. The summed E-state index contributed by atoms with van der Waals surface area (Å²) < 4.78 is 0. The summed E-state index contributed by atoms with van der Waals surface area (Å²) in [6.45, 7) is 7.15. The SMILES string of the molecule is CC1CCN(c2ccc(N3CCN(C(=O)c4ccc(C#N)cc4)CC3)nn2)CC1. The minimum atomic E-state index is 0.00917. The number of hydrogen-bond acceptors (Lipinski definition) is 6. The number of carbonyl (C=O) groups excluding carboxylic acids is 1. The number of aromatic nitrogens is 2. The van der Waals surface area contributed by atoms with Crippen LogP contribution >= 0.6 is 0 Å². The molecule has 2 saturated heterocycles. The molecule has 3 heterocycles. The van der Waals surface area contributed by atoms with Crippen molar-refractivity contribution < 1.29 is 4.79 Å². The standard InChI is InChI=1S/C22H26N6O/c1-17-8-10-26(11-9-17)20-6-7-21(25-24-20)27-12-14-28(15-13-27)22(29)19-4-2-18(16-23)3-5-19/h2-7,17H,8-15H2,1H3. The molecule has 0 radical (unpaired) electrons. The molecule has 0 aliphatic carbocycles. The van der Waals surface area contributed by atoms with Crippen molar-refractivity contribution >= 4 is 17.5 Å². The molecule has 0 saturated carbocycles. The first-order valence-electron chi connectivity index (χ1n) is 10.3. The number of nitrogens with zero attached hydrogens (tertiary/aromatic N) is 6. The van der Waals surface area contributed by atoms with Crippen molar-refractivity contribution in [3.8, 4) is 6.07 Å². The van der Waals surface area contributed by atoms with Gasteiger partial charge in [0, 0.05) is 44.8 Å². The molecule has 1 aromatic carbocycles. The number of amides is 1. The van der Waals surface area contributed by atoms with Crippen molar-refractivity contribution in [2.75, 3.05) is 49.1 Å². The Morgan fingerprint density at radius 3 is 1.97 bits per heavy atom. The third kappa shape index (κ3) is 4.32. The average Bonchev–Trinajstić information content (AvgIpc) is 2.79. The number of rotatable bonds is 3. The molecule has 4 rings (SSSR count). The Bertz CT molecular complexity index is 873. The van der Waals surface area contributed by atoms with Gasteiger partial charge < -0.3 is 14.7 Å². The molecule has 0 spiro atoms. The Labute approximate surface area is 171 Å². The monoisotopic (exact) mass is 390 g/mol. The zero-order valence-electron chi connectivity index (χ0n) is 16.8. The summed E-state index contributed by atoms with van der Waals surface area (Å²) in [4.78, 5) is 19.0. The molecule has 2 fully saturated rings. The van der Waals surface area contributed by atoms with Gasteiger partial charge in [-0.05, 0) is 55.2 Å².